The monoisotopic (exact) mass is 217 g/mol. The van der Waals surface area contributed by atoms with Gasteiger partial charge in [-0.1, -0.05) is 30.0 Å². The molecule has 0 fully saturated rings. The van der Waals surface area contributed by atoms with Crippen LogP contribution in [0.15, 0.2) is 42.5 Å². The smallest absolute Gasteiger partial charge is 0.0341 e. The van der Waals surface area contributed by atoms with Gasteiger partial charge in [-0.15, -0.1) is 12.8 Å². The van der Waals surface area contributed by atoms with Crippen LogP contribution in [0.3, 0.4) is 0 Å². The van der Waals surface area contributed by atoms with Crippen molar-refractivity contribution in [2.45, 2.75) is 0 Å². The molecule has 0 bridgehead atoms. The van der Waals surface area contributed by atoms with Crippen molar-refractivity contribution in [2.75, 3.05) is 5.73 Å². The second kappa shape index (κ2) is 4.47. The lowest BCUT2D eigenvalue weighted by atomic mass is 9.98. The third-order valence-electron chi connectivity index (χ3n) is 2.56. The fourth-order valence-corrected chi connectivity index (χ4v) is 1.68. The number of hydrogen-bond acceptors (Lipinski definition) is 1. The molecule has 0 spiro atoms. The Kier molecular flexibility index (Phi) is 2.86. The van der Waals surface area contributed by atoms with Gasteiger partial charge in [-0.3, -0.25) is 0 Å². The Labute approximate surface area is 101 Å². The molecule has 0 atom stereocenters. The van der Waals surface area contributed by atoms with E-state index in [1.807, 2.05) is 36.4 Å². The molecule has 2 rings (SSSR count). The van der Waals surface area contributed by atoms with Crippen LogP contribution >= 0.6 is 0 Å². The molecule has 0 radical (unpaired) electrons. The predicted octanol–water partition coefficient (Wildman–Crippen LogP) is 2.90. The second-order valence-electron chi connectivity index (χ2n) is 3.67. The maximum Gasteiger partial charge on any atom is 0.0341 e. The lowest BCUT2D eigenvalue weighted by Gasteiger charge is -2.06. The minimum Gasteiger partial charge on any atom is -0.399 e. The summed E-state index contributed by atoms with van der Waals surface area (Å²) in [7, 11) is 0. The zero-order valence-corrected chi connectivity index (χ0v) is 9.27. The van der Waals surface area contributed by atoms with Crippen LogP contribution in [0.5, 0.6) is 0 Å². The highest BCUT2D eigenvalue weighted by Gasteiger charge is 2.03. The maximum atomic E-state index is 5.70. The topological polar surface area (TPSA) is 26.0 Å². The fourth-order valence-electron chi connectivity index (χ4n) is 1.68. The van der Waals surface area contributed by atoms with Crippen molar-refractivity contribution in [1.29, 1.82) is 0 Å². The number of nitrogens with two attached hydrogens (primary N) is 1. The highest BCUT2D eigenvalue weighted by molar-refractivity contribution is 5.73. The van der Waals surface area contributed by atoms with E-state index in [9.17, 15) is 0 Å². The fraction of sp³-hybridized carbons (Fsp3) is 0. The van der Waals surface area contributed by atoms with Gasteiger partial charge in [0.05, 0.1) is 0 Å². The van der Waals surface area contributed by atoms with Gasteiger partial charge in [0.1, 0.15) is 0 Å². The van der Waals surface area contributed by atoms with Crippen LogP contribution in [0.4, 0.5) is 5.69 Å². The van der Waals surface area contributed by atoms with Crippen molar-refractivity contribution in [3.05, 3.63) is 53.6 Å². The molecule has 1 heteroatoms. The summed E-state index contributed by atoms with van der Waals surface area (Å²) in [5.74, 6) is 5.23. The summed E-state index contributed by atoms with van der Waals surface area (Å²) < 4.78 is 0. The van der Waals surface area contributed by atoms with E-state index in [-0.39, 0.29) is 0 Å². The van der Waals surface area contributed by atoms with Crippen LogP contribution in [0.1, 0.15) is 11.1 Å². The van der Waals surface area contributed by atoms with Gasteiger partial charge >= 0.3 is 0 Å². The number of hydrogen-bond donors (Lipinski definition) is 1. The Hall–Kier alpha value is -2.64. The Morgan fingerprint density at radius 2 is 1.59 bits per heavy atom. The number of rotatable bonds is 1. The molecular formula is C16H11N. The zero-order chi connectivity index (χ0) is 12.3. The summed E-state index contributed by atoms with van der Waals surface area (Å²) in [4.78, 5) is 0. The first-order valence-electron chi connectivity index (χ1n) is 5.18. The van der Waals surface area contributed by atoms with Crippen molar-refractivity contribution < 1.29 is 0 Å². The SMILES string of the molecule is C#Cc1ccc(-c2ccc(N)cc2C#C)cc1. The standard InChI is InChI=1S/C16H11N/c1-3-12-5-7-14(8-6-12)16-10-9-15(17)11-13(16)4-2/h1-2,5-11H,17H2. The van der Waals surface area contributed by atoms with Crippen LogP contribution < -0.4 is 5.73 Å². The molecule has 1 nitrogen and oxygen atoms in total. The minimum atomic E-state index is 0.668. The number of nitrogen functional groups attached to an aromatic ring is 1. The predicted molar refractivity (Wildman–Crippen MR) is 72.2 cm³/mol. The lowest BCUT2D eigenvalue weighted by molar-refractivity contribution is 1.56. The molecule has 2 aromatic rings. The first kappa shape index (κ1) is 10.9. The van der Waals surface area contributed by atoms with E-state index >= 15 is 0 Å². The summed E-state index contributed by atoms with van der Waals surface area (Å²) >= 11 is 0. The summed E-state index contributed by atoms with van der Waals surface area (Å²) in [5.41, 5.74) is 10.0. The molecule has 0 aromatic heterocycles. The summed E-state index contributed by atoms with van der Waals surface area (Å²) in [6.07, 6.45) is 10.8. The van der Waals surface area contributed by atoms with Crippen molar-refractivity contribution >= 4 is 5.69 Å². The van der Waals surface area contributed by atoms with Crippen molar-refractivity contribution in [1.82, 2.24) is 0 Å². The molecule has 0 saturated heterocycles. The summed E-state index contributed by atoms with van der Waals surface area (Å²) in [6.45, 7) is 0. The Balaban J connectivity index is 2.54. The van der Waals surface area contributed by atoms with E-state index in [2.05, 4.69) is 11.8 Å². The van der Waals surface area contributed by atoms with Crippen LogP contribution in [-0.2, 0) is 0 Å². The summed E-state index contributed by atoms with van der Waals surface area (Å²) in [5, 5.41) is 0. The van der Waals surface area contributed by atoms with E-state index in [1.54, 1.807) is 6.07 Å². The van der Waals surface area contributed by atoms with E-state index in [0.717, 1.165) is 22.3 Å². The molecule has 2 N–H and O–H groups in total. The molecule has 17 heavy (non-hydrogen) atoms. The zero-order valence-electron chi connectivity index (χ0n) is 9.27. The first-order chi connectivity index (χ1) is 8.24. The minimum absolute atomic E-state index is 0.668. The Bertz CT molecular complexity index is 622. The van der Waals surface area contributed by atoms with Gasteiger partial charge in [0.2, 0.25) is 0 Å². The van der Waals surface area contributed by atoms with Gasteiger partial charge in [0.15, 0.2) is 0 Å². The molecule has 0 unspecified atom stereocenters. The molecule has 0 aliphatic rings. The summed E-state index contributed by atoms with van der Waals surface area (Å²) in [6, 6.07) is 13.3. The highest BCUT2D eigenvalue weighted by Crippen LogP contribution is 2.25. The van der Waals surface area contributed by atoms with Gasteiger partial charge < -0.3 is 5.73 Å². The van der Waals surface area contributed by atoms with Crippen molar-refractivity contribution in [3.8, 4) is 35.8 Å². The Morgan fingerprint density at radius 1 is 0.882 bits per heavy atom. The average molecular weight is 217 g/mol. The van der Waals surface area contributed by atoms with E-state index in [0.29, 0.717) is 5.69 Å². The van der Waals surface area contributed by atoms with E-state index in [1.165, 1.54) is 0 Å². The largest absolute Gasteiger partial charge is 0.399 e. The average Bonchev–Trinajstić information content (AvgIpc) is 2.39. The van der Waals surface area contributed by atoms with Crippen LogP contribution in [-0.4, -0.2) is 0 Å². The van der Waals surface area contributed by atoms with E-state index < -0.39 is 0 Å². The molecule has 0 amide bonds. The van der Waals surface area contributed by atoms with Gasteiger partial charge in [0, 0.05) is 16.8 Å². The number of benzene rings is 2. The van der Waals surface area contributed by atoms with Crippen LogP contribution in [0.2, 0.25) is 0 Å². The molecule has 2 aromatic carbocycles. The maximum absolute atomic E-state index is 5.70. The number of terminal acetylenes is 2. The van der Waals surface area contributed by atoms with Gasteiger partial charge in [-0.05, 0) is 35.4 Å². The molecular weight excluding hydrogens is 206 g/mol. The van der Waals surface area contributed by atoms with Gasteiger partial charge in [0.25, 0.3) is 0 Å². The molecule has 0 heterocycles. The third-order valence-corrected chi connectivity index (χ3v) is 2.56. The molecule has 0 aliphatic carbocycles. The quantitative estimate of drug-likeness (QED) is 0.577. The lowest BCUT2D eigenvalue weighted by Crippen LogP contribution is -1.89. The first-order valence-corrected chi connectivity index (χ1v) is 5.18. The van der Waals surface area contributed by atoms with E-state index in [4.69, 9.17) is 18.6 Å². The van der Waals surface area contributed by atoms with Gasteiger partial charge in [-0.2, -0.15) is 0 Å². The normalized spacial score (nSPS) is 9.29. The third kappa shape index (κ3) is 2.14. The highest BCUT2D eigenvalue weighted by atomic mass is 14.5. The Morgan fingerprint density at radius 3 is 2.18 bits per heavy atom. The molecule has 0 aliphatic heterocycles. The van der Waals surface area contributed by atoms with Gasteiger partial charge in [-0.25, -0.2) is 0 Å². The van der Waals surface area contributed by atoms with Crippen LogP contribution in [0.25, 0.3) is 11.1 Å². The molecule has 0 saturated carbocycles. The van der Waals surface area contributed by atoms with Crippen molar-refractivity contribution in [2.24, 2.45) is 0 Å². The second-order valence-corrected chi connectivity index (χ2v) is 3.67. The van der Waals surface area contributed by atoms with Crippen LogP contribution in [0, 0.1) is 24.7 Å². The number of anilines is 1. The van der Waals surface area contributed by atoms with Crippen molar-refractivity contribution in [3.63, 3.8) is 0 Å². The molecule has 80 valence electrons.